The van der Waals surface area contributed by atoms with Crippen LogP contribution in [0.4, 0.5) is 0 Å². The summed E-state index contributed by atoms with van der Waals surface area (Å²) in [5.41, 5.74) is 3.09. The lowest BCUT2D eigenvalue weighted by atomic mass is 9.55. The first-order valence-electron chi connectivity index (χ1n) is 15.7. The first kappa shape index (κ1) is 29.2. The van der Waals surface area contributed by atoms with Crippen molar-refractivity contribution in [1.29, 1.82) is 0 Å². The summed E-state index contributed by atoms with van der Waals surface area (Å²) in [5.74, 6) is 8.84. The molecule has 1 aromatic rings. The van der Waals surface area contributed by atoms with Crippen molar-refractivity contribution in [3.8, 4) is 17.6 Å². The van der Waals surface area contributed by atoms with E-state index in [1.54, 1.807) is 0 Å². The summed E-state index contributed by atoms with van der Waals surface area (Å²) in [6, 6.07) is 6.77. The molecule has 1 heterocycles. The highest BCUT2D eigenvalue weighted by molar-refractivity contribution is 6.74. The SMILES string of the molecule is CC(C)(C)[Si](C)(C)OCCCC#CC1(Oc2ccc3c(c2)CC[C@@H]2[C@@H]3CC[C@]3(C)[C@@H](O)CC[C@@H]23)CCCCO1. The van der Waals surface area contributed by atoms with E-state index in [9.17, 15) is 5.11 Å². The predicted octanol–water partition coefficient (Wildman–Crippen LogP) is 7.98. The van der Waals surface area contributed by atoms with E-state index in [4.69, 9.17) is 13.9 Å². The summed E-state index contributed by atoms with van der Waals surface area (Å²) in [6.07, 6.45) is 11.4. The van der Waals surface area contributed by atoms with E-state index in [1.807, 2.05) is 0 Å². The molecule has 0 aromatic heterocycles. The number of aliphatic hydroxyl groups is 1. The molecule has 5 rings (SSSR count). The molecule has 216 valence electrons. The van der Waals surface area contributed by atoms with Crippen LogP contribution >= 0.6 is 0 Å². The molecule has 0 bridgehead atoms. The highest BCUT2D eigenvalue weighted by atomic mass is 28.4. The van der Waals surface area contributed by atoms with Crippen LogP contribution in [0.25, 0.3) is 0 Å². The number of fused-ring (bicyclic) bond motifs is 5. The summed E-state index contributed by atoms with van der Waals surface area (Å²) in [7, 11) is -1.71. The average Bonchev–Trinajstić information content (AvgIpc) is 3.20. The second kappa shape index (κ2) is 11.2. The van der Waals surface area contributed by atoms with E-state index < -0.39 is 14.1 Å². The molecule has 6 atom stereocenters. The second-order valence-corrected chi connectivity index (χ2v) is 19.4. The Labute approximate surface area is 238 Å². The summed E-state index contributed by atoms with van der Waals surface area (Å²) in [5, 5.41) is 10.9. The number of benzene rings is 1. The highest BCUT2D eigenvalue weighted by Crippen LogP contribution is 2.61. The van der Waals surface area contributed by atoms with Crippen LogP contribution in [-0.2, 0) is 15.6 Å². The second-order valence-electron chi connectivity index (χ2n) is 14.6. The average molecular weight is 553 g/mol. The zero-order chi connectivity index (χ0) is 27.9. The molecule has 1 N–H and O–H groups in total. The first-order valence-corrected chi connectivity index (χ1v) is 18.6. The van der Waals surface area contributed by atoms with E-state index in [0.717, 1.165) is 63.7 Å². The Morgan fingerprint density at radius 2 is 1.92 bits per heavy atom. The van der Waals surface area contributed by atoms with Gasteiger partial charge < -0.3 is 19.0 Å². The van der Waals surface area contributed by atoms with Gasteiger partial charge >= 0.3 is 0 Å². The fourth-order valence-electron chi connectivity index (χ4n) is 7.66. The zero-order valence-corrected chi connectivity index (χ0v) is 26.4. The van der Waals surface area contributed by atoms with Crippen LogP contribution in [0, 0.1) is 29.1 Å². The van der Waals surface area contributed by atoms with Gasteiger partial charge in [0.1, 0.15) is 5.75 Å². The maximum Gasteiger partial charge on any atom is 0.275 e. The maximum atomic E-state index is 10.7. The number of hydrogen-bond donors (Lipinski definition) is 1. The topological polar surface area (TPSA) is 47.9 Å². The fourth-order valence-corrected chi connectivity index (χ4v) is 8.75. The van der Waals surface area contributed by atoms with E-state index in [0.29, 0.717) is 24.4 Å². The zero-order valence-electron chi connectivity index (χ0n) is 25.4. The third-order valence-corrected chi connectivity index (χ3v) is 15.7. The lowest BCUT2D eigenvalue weighted by Gasteiger charge is -2.50. The normalized spacial score (nSPS) is 34.3. The molecule has 1 saturated heterocycles. The summed E-state index contributed by atoms with van der Waals surface area (Å²) in [4.78, 5) is 0. The van der Waals surface area contributed by atoms with Gasteiger partial charge in [-0.1, -0.05) is 39.7 Å². The van der Waals surface area contributed by atoms with Crippen LogP contribution in [0.5, 0.6) is 5.75 Å². The van der Waals surface area contributed by atoms with Crippen molar-refractivity contribution < 1.29 is 19.0 Å². The summed E-state index contributed by atoms with van der Waals surface area (Å²) < 4.78 is 19.2. The number of hydrogen-bond acceptors (Lipinski definition) is 4. The van der Waals surface area contributed by atoms with Crippen molar-refractivity contribution in [1.82, 2.24) is 0 Å². The minimum Gasteiger partial charge on any atom is -0.451 e. The number of rotatable bonds is 6. The van der Waals surface area contributed by atoms with Crippen molar-refractivity contribution in [3.63, 3.8) is 0 Å². The Kier molecular flexibility index (Phi) is 8.35. The first-order chi connectivity index (χ1) is 18.4. The van der Waals surface area contributed by atoms with Gasteiger partial charge in [-0.3, -0.25) is 0 Å². The molecule has 4 nitrogen and oxygen atoms in total. The molecule has 0 amide bonds. The minimum atomic E-state index is -1.71. The van der Waals surface area contributed by atoms with Crippen LogP contribution in [0.3, 0.4) is 0 Å². The van der Waals surface area contributed by atoms with Crippen LogP contribution in [0.1, 0.15) is 109 Å². The third-order valence-electron chi connectivity index (χ3n) is 11.2. The molecule has 0 radical (unpaired) electrons. The van der Waals surface area contributed by atoms with E-state index in [2.05, 4.69) is 70.8 Å². The van der Waals surface area contributed by atoms with Gasteiger partial charge in [-0.25, -0.2) is 0 Å². The van der Waals surface area contributed by atoms with Crippen LogP contribution < -0.4 is 4.74 Å². The Balaban J connectivity index is 1.23. The van der Waals surface area contributed by atoms with Crippen molar-refractivity contribution in [3.05, 3.63) is 29.3 Å². The van der Waals surface area contributed by atoms with Gasteiger partial charge in [0.2, 0.25) is 0 Å². The maximum absolute atomic E-state index is 10.7. The molecule has 39 heavy (non-hydrogen) atoms. The Hall–Kier alpha value is -1.32. The van der Waals surface area contributed by atoms with Crippen molar-refractivity contribution in [2.45, 2.75) is 134 Å². The highest BCUT2D eigenvalue weighted by Gasteiger charge is 2.54. The van der Waals surface area contributed by atoms with E-state index in [-0.39, 0.29) is 16.6 Å². The lowest BCUT2D eigenvalue weighted by Crippen LogP contribution is -2.44. The lowest BCUT2D eigenvalue weighted by molar-refractivity contribution is -0.163. The molecule has 1 aromatic carbocycles. The molecule has 3 aliphatic carbocycles. The third kappa shape index (κ3) is 5.87. The molecule has 5 heteroatoms. The number of unbranched alkanes of at least 4 members (excludes halogenated alkanes) is 1. The monoisotopic (exact) mass is 552 g/mol. The molecule has 1 aliphatic heterocycles. The summed E-state index contributed by atoms with van der Waals surface area (Å²) in [6.45, 7) is 15.3. The van der Waals surface area contributed by atoms with Crippen LogP contribution in [0.2, 0.25) is 18.1 Å². The molecule has 2 saturated carbocycles. The van der Waals surface area contributed by atoms with Gasteiger partial charge in [-0.15, -0.1) is 0 Å². The van der Waals surface area contributed by atoms with Gasteiger partial charge in [0.05, 0.1) is 12.7 Å². The van der Waals surface area contributed by atoms with Gasteiger partial charge in [0.15, 0.2) is 8.32 Å². The van der Waals surface area contributed by atoms with Crippen LogP contribution in [0.15, 0.2) is 18.2 Å². The molecular weight excluding hydrogens is 500 g/mol. The van der Waals surface area contributed by atoms with E-state index >= 15 is 0 Å². The molecule has 4 aliphatic rings. The van der Waals surface area contributed by atoms with Crippen molar-refractivity contribution >= 4 is 8.32 Å². The summed E-state index contributed by atoms with van der Waals surface area (Å²) >= 11 is 0. The largest absolute Gasteiger partial charge is 0.451 e. The Morgan fingerprint density at radius 3 is 2.67 bits per heavy atom. The van der Waals surface area contributed by atoms with Crippen molar-refractivity contribution in [2.75, 3.05) is 13.2 Å². The van der Waals surface area contributed by atoms with Crippen LogP contribution in [-0.4, -0.2) is 38.5 Å². The van der Waals surface area contributed by atoms with Crippen molar-refractivity contribution in [2.24, 2.45) is 17.3 Å². The quantitative estimate of drug-likeness (QED) is 0.221. The fraction of sp³-hybridized carbons (Fsp3) is 0.765. The van der Waals surface area contributed by atoms with E-state index in [1.165, 1.54) is 30.4 Å². The molecular formula is C34H52O4Si. The number of aryl methyl sites for hydroxylation is 1. The molecule has 3 fully saturated rings. The molecule has 1 unspecified atom stereocenters. The van der Waals surface area contributed by atoms with Gasteiger partial charge in [0, 0.05) is 19.4 Å². The molecule has 0 spiro atoms. The number of ether oxygens (including phenoxy) is 2. The van der Waals surface area contributed by atoms with Gasteiger partial charge in [-0.2, -0.15) is 0 Å². The van der Waals surface area contributed by atoms with Gasteiger partial charge in [-0.05, 0) is 128 Å². The Bertz CT molecular complexity index is 1070. The minimum absolute atomic E-state index is 0.113. The van der Waals surface area contributed by atoms with Gasteiger partial charge in [0.25, 0.3) is 5.79 Å². The standard InChI is InChI=1S/C34H52O4Si/c1-32(2,3)39(5,6)37-23-10-7-8-19-34(20-9-11-22-36-34)38-26-13-15-27-25(24-26)12-14-29-28(27)18-21-33(4)30(29)16-17-31(33)35/h13,15,24,28-31,35H,7,9-12,14,16-18,20-23H2,1-6H3/t28-,29-,30+,31+,33+,34?/m1/s1. The smallest absolute Gasteiger partial charge is 0.275 e. The Morgan fingerprint density at radius 1 is 1.10 bits per heavy atom. The number of aliphatic hydroxyl groups excluding tert-OH is 1. The predicted molar refractivity (Wildman–Crippen MR) is 160 cm³/mol.